The first-order valence-electron chi connectivity index (χ1n) is 7.11. The second-order valence-corrected chi connectivity index (χ2v) is 5.95. The van der Waals surface area contributed by atoms with Crippen molar-refractivity contribution in [3.05, 3.63) is 33.9 Å². The van der Waals surface area contributed by atoms with Gasteiger partial charge in [0.05, 0.1) is 34.6 Å². The van der Waals surface area contributed by atoms with Gasteiger partial charge in [0.25, 0.3) is 0 Å². The highest BCUT2D eigenvalue weighted by Gasteiger charge is 2.16. The number of nitrogens with two attached hydrogens (primary N) is 1. The minimum absolute atomic E-state index is 0. The van der Waals surface area contributed by atoms with Crippen LogP contribution >= 0.6 is 35.6 Å². The molecule has 1 aliphatic heterocycles. The topological polar surface area (TPSA) is 69.2 Å². The molecular weight excluding hydrogens is 361 g/mol. The first kappa shape index (κ1) is 18.3. The molecule has 3 rings (SSSR count). The fraction of sp³-hybridized carbons (Fsp3) is 0.429. The standard InChI is InChI=1S/C14H17Cl2N5O.ClH/c15-11-2-1-10(9-12(11)16)21-13(14(17)18-19-21)3-4-20-5-7-22-8-6-20;/h1-2,9H,3-8,17H2;1H. The van der Waals surface area contributed by atoms with Gasteiger partial charge in [-0.05, 0) is 18.2 Å². The fourth-order valence-electron chi connectivity index (χ4n) is 2.46. The maximum absolute atomic E-state index is 6.07. The van der Waals surface area contributed by atoms with Crippen molar-refractivity contribution in [1.29, 1.82) is 0 Å². The zero-order valence-electron chi connectivity index (χ0n) is 12.4. The average Bonchev–Trinajstić information content (AvgIpc) is 2.90. The van der Waals surface area contributed by atoms with E-state index in [1.807, 2.05) is 6.07 Å². The van der Waals surface area contributed by atoms with Gasteiger partial charge in [-0.3, -0.25) is 4.90 Å². The Kier molecular flexibility index (Phi) is 6.50. The zero-order valence-corrected chi connectivity index (χ0v) is 14.7. The molecule has 126 valence electrons. The van der Waals surface area contributed by atoms with Gasteiger partial charge >= 0.3 is 0 Å². The van der Waals surface area contributed by atoms with Crippen molar-refractivity contribution in [2.45, 2.75) is 6.42 Å². The summed E-state index contributed by atoms with van der Waals surface area (Å²) < 4.78 is 7.07. The van der Waals surface area contributed by atoms with E-state index >= 15 is 0 Å². The van der Waals surface area contributed by atoms with Gasteiger partial charge in [-0.15, -0.1) is 17.5 Å². The number of halogens is 3. The number of aromatic nitrogens is 3. The average molecular weight is 379 g/mol. The van der Waals surface area contributed by atoms with E-state index in [4.69, 9.17) is 33.7 Å². The quantitative estimate of drug-likeness (QED) is 0.885. The van der Waals surface area contributed by atoms with E-state index in [9.17, 15) is 0 Å². The maximum atomic E-state index is 6.07. The SMILES string of the molecule is Cl.Nc1nnn(-c2ccc(Cl)c(Cl)c2)c1CCN1CCOCC1. The second-order valence-electron chi connectivity index (χ2n) is 5.14. The summed E-state index contributed by atoms with van der Waals surface area (Å²) in [4.78, 5) is 2.34. The van der Waals surface area contributed by atoms with Crippen LogP contribution < -0.4 is 5.73 Å². The lowest BCUT2D eigenvalue weighted by atomic mass is 10.2. The summed E-state index contributed by atoms with van der Waals surface area (Å²) in [6.07, 6.45) is 0.763. The second kappa shape index (κ2) is 8.17. The molecule has 1 aromatic carbocycles. The lowest BCUT2D eigenvalue weighted by Crippen LogP contribution is -2.37. The van der Waals surface area contributed by atoms with E-state index in [-0.39, 0.29) is 12.4 Å². The molecule has 0 saturated carbocycles. The van der Waals surface area contributed by atoms with Gasteiger partial charge in [0.2, 0.25) is 0 Å². The summed E-state index contributed by atoms with van der Waals surface area (Å²) >= 11 is 12.0. The molecule has 0 aliphatic carbocycles. The first-order valence-corrected chi connectivity index (χ1v) is 7.86. The monoisotopic (exact) mass is 377 g/mol. The molecule has 2 N–H and O–H groups in total. The molecule has 2 heterocycles. The van der Waals surface area contributed by atoms with Crippen LogP contribution in [0.15, 0.2) is 18.2 Å². The Bertz CT molecular complexity index is 658. The van der Waals surface area contributed by atoms with Crippen molar-refractivity contribution in [1.82, 2.24) is 19.9 Å². The van der Waals surface area contributed by atoms with Crippen LogP contribution in [0.3, 0.4) is 0 Å². The van der Waals surface area contributed by atoms with Crippen molar-refractivity contribution in [2.24, 2.45) is 0 Å². The largest absolute Gasteiger partial charge is 0.381 e. The zero-order chi connectivity index (χ0) is 15.5. The normalized spacial score (nSPS) is 15.4. The molecule has 2 aromatic rings. The van der Waals surface area contributed by atoms with Crippen LogP contribution in [-0.2, 0) is 11.2 Å². The molecule has 0 bridgehead atoms. The summed E-state index contributed by atoms with van der Waals surface area (Å²) in [6, 6.07) is 5.35. The highest BCUT2D eigenvalue weighted by molar-refractivity contribution is 6.42. The van der Waals surface area contributed by atoms with Crippen LogP contribution in [0, 0.1) is 0 Å². The summed E-state index contributed by atoms with van der Waals surface area (Å²) in [5, 5.41) is 9.08. The Hall–Kier alpha value is -1.05. The molecule has 9 heteroatoms. The molecule has 1 fully saturated rings. The van der Waals surface area contributed by atoms with Gasteiger partial charge in [0, 0.05) is 26.1 Å². The van der Waals surface area contributed by atoms with E-state index in [1.54, 1.807) is 16.8 Å². The third kappa shape index (κ3) is 4.28. The van der Waals surface area contributed by atoms with E-state index in [0.717, 1.165) is 50.7 Å². The van der Waals surface area contributed by atoms with Gasteiger partial charge in [0.1, 0.15) is 0 Å². The van der Waals surface area contributed by atoms with Crippen LogP contribution in [0.1, 0.15) is 5.69 Å². The number of nitrogens with zero attached hydrogens (tertiary/aromatic N) is 4. The van der Waals surface area contributed by atoms with Gasteiger partial charge in [-0.2, -0.15) is 0 Å². The Morgan fingerprint density at radius 2 is 1.91 bits per heavy atom. The van der Waals surface area contributed by atoms with Gasteiger partial charge in [0.15, 0.2) is 5.82 Å². The number of nitrogen functional groups attached to an aromatic ring is 1. The predicted octanol–water partition coefficient (Wildman–Crippen LogP) is 2.45. The molecule has 6 nitrogen and oxygen atoms in total. The number of rotatable bonds is 4. The highest BCUT2D eigenvalue weighted by Crippen LogP contribution is 2.25. The molecule has 0 unspecified atom stereocenters. The van der Waals surface area contributed by atoms with E-state index in [1.165, 1.54) is 0 Å². The van der Waals surface area contributed by atoms with Crippen molar-refractivity contribution in [3.8, 4) is 5.69 Å². The number of hydrogen-bond acceptors (Lipinski definition) is 5. The molecule has 1 saturated heterocycles. The summed E-state index contributed by atoms with van der Waals surface area (Å²) in [6.45, 7) is 4.32. The minimum atomic E-state index is 0. The molecule has 1 aromatic heterocycles. The van der Waals surface area contributed by atoms with Gasteiger partial charge in [-0.25, -0.2) is 4.68 Å². The smallest absolute Gasteiger partial charge is 0.169 e. The molecule has 0 atom stereocenters. The maximum Gasteiger partial charge on any atom is 0.169 e. The third-order valence-corrected chi connectivity index (χ3v) is 4.45. The molecule has 23 heavy (non-hydrogen) atoms. The van der Waals surface area contributed by atoms with Crippen LogP contribution in [0.25, 0.3) is 5.69 Å². The van der Waals surface area contributed by atoms with Gasteiger partial charge < -0.3 is 10.5 Å². The van der Waals surface area contributed by atoms with Crippen LogP contribution in [0.5, 0.6) is 0 Å². The molecular formula is C14H18Cl3N5O. The van der Waals surface area contributed by atoms with Crippen LogP contribution in [0.4, 0.5) is 5.82 Å². The number of ether oxygens (including phenoxy) is 1. The summed E-state index contributed by atoms with van der Waals surface area (Å²) in [5.74, 6) is 0.444. The van der Waals surface area contributed by atoms with E-state index in [0.29, 0.717) is 15.9 Å². The van der Waals surface area contributed by atoms with Crippen LogP contribution in [-0.4, -0.2) is 52.7 Å². The number of benzene rings is 1. The van der Waals surface area contributed by atoms with E-state index in [2.05, 4.69) is 15.2 Å². The summed E-state index contributed by atoms with van der Waals surface area (Å²) in [7, 11) is 0. The van der Waals surface area contributed by atoms with Crippen LogP contribution in [0.2, 0.25) is 10.0 Å². The Morgan fingerprint density at radius 3 is 2.61 bits per heavy atom. The molecule has 0 spiro atoms. The Labute approximate surface area is 150 Å². The highest BCUT2D eigenvalue weighted by atomic mass is 35.5. The van der Waals surface area contributed by atoms with Crippen molar-refractivity contribution >= 4 is 41.4 Å². The Morgan fingerprint density at radius 1 is 1.17 bits per heavy atom. The number of anilines is 1. The number of morpholine rings is 1. The van der Waals surface area contributed by atoms with Crippen molar-refractivity contribution in [2.75, 3.05) is 38.6 Å². The lowest BCUT2D eigenvalue weighted by molar-refractivity contribution is 0.0383. The lowest BCUT2D eigenvalue weighted by Gasteiger charge is -2.26. The molecule has 0 radical (unpaired) electrons. The van der Waals surface area contributed by atoms with E-state index < -0.39 is 0 Å². The number of hydrogen-bond donors (Lipinski definition) is 1. The predicted molar refractivity (Wildman–Crippen MR) is 94.0 cm³/mol. The van der Waals surface area contributed by atoms with Crippen molar-refractivity contribution < 1.29 is 4.74 Å². The third-order valence-electron chi connectivity index (χ3n) is 3.71. The van der Waals surface area contributed by atoms with Crippen molar-refractivity contribution in [3.63, 3.8) is 0 Å². The molecule has 1 aliphatic rings. The first-order chi connectivity index (χ1) is 10.6. The Balaban J connectivity index is 0.00000192. The molecule has 0 amide bonds. The summed E-state index contributed by atoms with van der Waals surface area (Å²) in [5.41, 5.74) is 7.65. The minimum Gasteiger partial charge on any atom is -0.381 e. The fourth-order valence-corrected chi connectivity index (χ4v) is 2.75. The van der Waals surface area contributed by atoms with Gasteiger partial charge in [-0.1, -0.05) is 28.4 Å².